The maximum absolute atomic E-state index is 5.73. The van der Waals surface area contributed by atoms with Crippen molar-refractivity contribution in [2.75, 3.05) is 18.9 Å². The lowest BCUT2D eigenvalue weighted by Gasteiger charge is -2.24. The number of thioether (sulfide) groups is 1. The molecular weight excluding hydrogens is 278 g/mol. The highest BCUT2D eigenvalue weighted by molar-refractivity contribution is 7.99. The van der Waals surface area contributed by atoms with Gasteiger partial charge in [-0.15, -0.1) is 0 Å². The van der Waals surface area contributed by atoms with Crippen LogP contribution in [0.3, 0.4) is 0 Å². The van der Waals surface area contributed by atoms with E-state index >= 15 is 0 Å². The van der Waals surface area contributed by atoms with E-state index in [4.69, 9.17) is 4.74 Å². The summed E-state index contributed by atoms with van der Waals surface area (Å²) in [5.74, 6) is 2.88. The van der Waals surface area contributed by atoms with Crippen molar-refractivity contribution in [1.29, 1.82) is 0 Å². The van der Waals surface area contributed by atoms with Gasteiger partial charge in [-0.3, -0.25) is 0 Å². The predicted molar refractivity (Wildman–Crippen MR) is 93.3 cm³/mol. The first-order valence-corrected chi connectivity index (χ1v) is 9.27. The van der Waals surface area contributed by atoms with E-state index in [2.05, 4.69) is 62.1 Å². The van der Waals surface area contributed by atoms with Gasteiger partial charge in [0.25, 0.3) is 0 Å². The van der Waals surface area contributed by atoms with E-state index in [1.807, 2.05) is 0 Å². The van der Waals surface area contributed by atoms with E-state index in [1.54, 1.807) is 0 Å². The monoisotopic (exact) mass is 307 g/mol. The quantitative estimate of drug-likeness (QED) is 0.792. The van der Waals surface area contributed by atoms with Crippen LogP contribution in [0.1, 0.15) is 51.6 Å². The number of rotatable bonds is 7. The van der Waals surface area contributed by atoms with Crippen molar-refractivity contribution in [1.82, 2.24) is 5.32 Å². The summed E-state index contributed by atoms with van der Waals surface area (Å²) in [6.45, 7) is 8.49. The zero-order valence-corrected chi connectivity index (χ0v) is 14.4. The Labute approximate surface area is 134 Å². The molecule has 1 aliphatic heterocycles. The maximum Gasteiger partial charge on any atom is 0.119 e. The lowest BCUT2D eigenvalue weighted by molar-refractivity contribution is 0.271. The first kappa shape index (κ1) is 16.7. The van der Waals surface area contributed by atoms with E-state index in [1.165, 1.54) is 30.6 Å². The molecule has 1 N–H and O–H groups in total. The highest BCUT2D eigenvalue weighted by Gasteiger charge is 2.15. The summed E-state index contributed by atoms with van der Waals surface area (Å²) in [7, 11) is 0. The van der Waals surface area contributed by atoms with Crippen LogP contribution in [0, 0.1) is 5.92 Å². The highest BCUT2D eigenvalue weighted by Crippen LogP contribution is 2.25. The molecule has 1 aliphatic rings. The van der Waals surface area contributed by atoms with Gasteiger partial charge in [-0.05, 0) is 49.1 Å². The van der Waals surface area contributed by atoms with Gasteiger partial charge >= 0.3 is 0 Å². The average Bonchev–Trinajstić information content (AvgIpc) is 2.52. The zero-order chi connectivity index (χ0) is 15.1. The highest BCUT2D eigenvalue weighted by atomic mass is 32.2. The van der Waals surface area contributed by atoms with Crippen molar-refractivity contribution in [3.63, 3.8) is 0 Å². The fourth-order valence-electron chi connectivity index (χ4n) is 2.51. The molecule has 1 aromatic rings. The molecule has 2 nitrogen and oxygen atoms in total. The van der Waals surface area contributed by atoms with Crippen molar-refractivity contribution in [3.05, 3.63) is 29.8 Å². The minimum Gasteiger partial charge on any atom is -0.493 e. The SMILES string of the molecule is CC(C)COc1ccc(C(C)NCC2CCCCS2)cc1. The maximum atomic E-state index is 5.73. The van der Waals surface area contributed by atoms with Crippen LogP contribution >= 0.6 is 11.8 Å². The topological polar surface area (TPSA) is 21.3 Å². The van der Waals surface area contributed by atoms with E-state index in [9.17, 15) is 0 Å². The van der Waals surface area contributed by atoms with E-state index in [0.29, 0.717) is 12.0 Å². The second kappa shape index (κ2) is 8.70. The van der Waals surface area contributed by atoms with Crippen LogP contribution in [0.2, 0.25) is 0 Å². The normalized spacial score (nSPS) is 20.5. The first-order chi connectivity index (χ1) is 10.1. The summed E-state index contributed by atoms with van der Waals surface area (Å²) in [4.78, 5) is 0. The molecule has 1 heterocycles. The van der Waals surface area contributed by atoms with Gasteiger partial charge < -0.3 is 10.1 Å². The van der Waals surface area contributed by atoms with Crippen LogP contribution in [0.5, 0.6) is 5.75 Å². The Morgan fingerprint density at radius 2 is 1.95 bits per heavy atom. The van der Waals surface area contributed by atoms with Gasteiger partial charge in [0.05, 0.1) is 6.61 Å². The molecule has 2 atom stereocenters. The molecule has 0 radical (unpaired) electrons. The summed E-state index contributed by atoms with van der Waals surface area (Å²) < 4.78 is 5.73. The fourth-order valence-corrected chi connectivity index (χ4v) is 3.76. The molecule has 1 saturated heterocycles. The van der Waals surface area contributed by atoms with Crippen molar-refractivity contribution < 1.29 is 4.74 Å². The molecule has 0 aliphatic carbocycles. The Hall–Kier alpha value is -0.670. The smallest absolute Gasteiger partial charge is 0.119 e. The number of benzene rings is 1. The Morgan fingerprint density at radius 3 is 2.57 bits per heavy atom. The minimum absolute atomic E-state index is 0.409. The number of ether oxygens (including phenoxy) is 1. The van der Waals surface area contributed by atoms with Crippen LogP contribution < -0.4 is 10.1 Å². The fraction of sp³-hybridized carbons (Fsp3) is 0.667. The lowest BCUT2D eigenvalue weighted by atomic mass is 10.1. The van der Waals surface area contributed by atoms with E-state index in [0.717, 1.165) is 24.2 Å². The third-order valence-corrected chi connectivity index (χ3v) is 5.29. The Morgan fingerprint density at radius 1 is 1.19 bits per heavy atom. The molecule has 3 heteroatoms. The van der Waals surface area contributed by atoms with E-state index < -0.39 is 0 Å². The Bertz CT molecular complexity index is 398. The van der Waals surface area contributed by atoms with Crippen molar-refractivity contribution >= 4 is 11.8 Å². The summed E-state index contributed by atoms with van der Waals surface area (Å²) >= 11 is 2.13. The molecule has 1 aromatic carbocycles. The van der Waals surface area contributed by atoms with Gasteiger partial charge in [-0.1, -0.05) is 32.4 Å². The van der Waals surface area contributed by atoms with Crippen LogP contribution in [0.15, 0.2) is 24.3 Å². The third kappa shape index (κ3) is 5.91. The molecule has 0 bridgehead atoms. The van der Waals surface area contributed by atoms with Gasteiger partial charge in [0.15, 0.2) is 0 Å². The molecule has 2 unspecified atom stereocenters. The standard InChI is InChI=1S/C18H29NOS/c1-14(2)13-20-17-9-7-16(8-10-17)15(3)19-12-18-6-4-5-11-21-18/h7-10,14-15,18-19H,4-6,11-13H2,1-3H3. The second-order valence-electron chi connectivity index (χ2n) is 6.39. The second-order valence-corrected chi connectivity index (χ2v) is 7.80. The molecule has 0 amide bonds. The molecule has 1 fully saturated rings. The number of nitrogens with one attached hydrogen (secondary N) is 1. The molecular formula is C18H29NOS. The van der Waals surface area contributed by atoms with Crippen molar-refractivity contribution in [3.8, 4) is 5.75 Å². The zero-order valence-electron chi connectivity index (χ0n) is 13.6. The summed E-state index contributed by atoms with van der Waals surface area (Å²) in [5, 5.41) is 4.48. The molecule has 0 saturated carbocycles. The van der Waals surface area contributed by atoms with Crippen LogP contribution in [-0.4, -0.2) is 24.2 Å². The summed E-state index contributed by atoms with van der Waals surface area (Å²) in [6, 6.07) is 8.95. The number of hydrogen-bond acceptors (Lipinski definition) is 3. The first-order valence-electron chi connectivity index (χ1n) is 8.23. The third-order valence-electron chi connectivity index (χ3n) is 3.89. The van der Waals surface area contributed by atoms with Gasteiger partial charge in [-0.25, -0.2) is 0 Å². The van der Waals surface area contributed by atoms with Gasteiger partial charge in [0.1, 0.15) is 5.75 Å². The largest absolute Gasteiger partial charge is 0.493 e. The molecule has 21 heavy (non-hydrogen) atoms. The lowest BCUT2D eigenvalue weighted by Crippen LogP contribution is -2.28. The minimum atomic E-state index is 0.409. The molecule has 0 aromatic heterocycles. The summed E-state index contributed by atoms with van der Waals surface area (Å²) in [5.41, 5.74) is 1.34. The molecule has 2 rings (SSSR count). The van der Waals surface area contributed by atoms with E-state index in [-0.39, 0.29) is 0 Å². The van der Waals surface area contributed by atoms with Gasteiger partial charge in [-0.2, -0.15) is 11.8 Å². The summed E-state index contributed by atoms with van der Waals surface area (Å²) in [6.07, 6.45) is 4.16. The van der Waals surface area contributed by atoms with Crippen molar-refractivity contribution in [2.45, 2.75) is 51.3 Å². The Kier molecular flexibility index (Phi) is 6.91. The average molecular weight is 308 g/mol. The van der Waals surface area contributed by atoms with Crippen LogP contribution in [0.4, 0.5) is 0 Å². The van der Waals surface area contributed by atoms with Gasteiger partial charge in [0, 0.05) is 17.8 Å². The predicted octanol–water partition coefficient (Wildman–Crippen LogP) is 4.66. The van der Waals surface area contributed by atoms with Gasteiger partial charge in [0.2, 0.25) is 0 Å². The Balaban J connectivity index is 1.77. The van der Waals surface area contributed by atoms with Crippen LogP contribution in [0.25, 0.3) is 0 Å². The molecule has 0 spiro atoms. The van der Waals surface area contributed by atoms with Crippen LogP contribution in [-0.2, 0) is 0 Å². The van der Waals surface area contributed by atoms with Crippen molar-refractivity contribution in [2.24, 2.45) is 5.92 Å². The number of hydrogen-bond donors (Lipinski definition) is 1. The molecule has 118 valence electrons.